The van der Waals surface area contributed by atoms with E-state index in [-0.39, 0.29) is 0 Å². The number of hydrogen-bond acceptors (Lipinski definition) is 3. The normalized spacial score (nSPS) is 22.3. The molecule has 1 unspecified atom stereocenters. The average molecular weight is 289 g/mol. The van der Waals surface area contributed by atoms with E-state index in [0.29, 0.717) is 23.1 Å². The Morgan fingerprint density at radius 1 is 1.26 bits per heavy atom. The van der Waals surface area contributed by atoms with Gasteiger partial charge in [-0.25, -0.2) is 8.42 Å². The molecule has 0 aromatic carbocycles. The van der Waals surface area contributed by atoms with Gasteiger partial charge < -0.3 is 5.32 Å². The van der Waals surface area contributed by atoms with E-state index in [1.54, 1.807) is 0 Å². The summed E-state index contributed by atoms with van der Waals surface area (Å²) in [7, 11) is -2.85. The van der Waals surface area contributed by atoms with Crippen LogP contribution in [0.15, 0.2) is 0 Å². The summed E-state index contributed by atoms with van der Waals surface area (Å²) < 4.78 is 22.7. The zero-order valence-electron chi connectivity index (χ0n) is 13.0. The van der Waals surface area contributed by atoms with Crippen molar-refractivity contribution in [1.29, 1.82) is 0 Å². The highest BCUT2D eigenvalue weighted by Gasteiger charge is 2.31. The standard InChI is InChI=1S/C15H31NO2S/c1-5-11-16-14(8-12-19(4,17)18)13-6-9-15(2,3)10-7-13/h13-14,16H,5-12H2,1-4H3. The molecule has 1 saturated carbocycles. The highest BCUT2D eigenvalue weighted by Crippen LogP contribution is 2.39. The maximum absolute atomic E-state index is 11.4. The molecule has 1 aliphatic carbocycles. The maximum atomic E-state index is 11.4. The Morgan fingerprint density at radius 2 is 1.84 bits per heavy atom. The maximum Gasteiger partial charge on any atom is 0.147 e. The fourth-order valence-electron chi connectivity index (χ4n) is 3.00. The average Bonchev–Trinajstić information content (AvgIpc) is 2.29. The molecule has 0 aromatic heterocycles. The van der Waals surface area contributed by atoms with Gasteiger partial charge in [0.15, 0.2) is 0 Å². The van der Waals surface area contributed by atoms with E-state index >= 15 is 0 Å². The fraction of sp³-hybridized carbons (Fsp3) is 1.00. The molecular formula is C15H31NO2S. The summed E-state index contributed by atoms with van der Waals surface area (Å²) in [5.41, 5.74) is 0.475. The molecule has 114 valence electrons. The predicted octanol–water partition coefficient (Wildman–Crippen LogP) is 3.01. The molecule has 0 saturated heterocycles. The first-order valence-corrected chi connectivity index (χ1v) is 9.71. The second kappa shape index (κ2) is 7.07. The van der Waals surface area contributed by atoms with Gasteiger partial charge in [0, 0.05) is 12.3 Å². The van der Waals surface area contributed by atoms with Crippen LogP contribution in [-0.2, 0) is 9.84 Å². The Hall–Kier alpha value is -0.0900. The largest absolute Gasteiger partial charge is 0.314 e. The van der Waals surface area contributed by atoms with E-state index in [0.717, 1.165) is 19.4 Å². The molecule has 1 fully saturated rings. The molecular weight excluding hydrogens is 258 g/mol. The Kier molecular flexibility index (Phi) is 6.31. The number of rotatable bonds is 7. The van der Waals surface area contributed by atoms with Crippen molar-refractivity contribution < 1.29 is 8.42 Å². The van der Waals surface area contributed by atoms with Crippen LogP contribution in [0.5, 0.6) is 0 Å². The Morgan fingerprint density at radius 3 is 2.32 bits per heavy atom. The molecule has 1 rings (SSSR count). The smallest absolute Gasteiger partial charge is 0.147 e. The van der Waals surface area contributed by atoms with Crippen LogP contribution >= 0.6 is 0 Å². The van der Waals surface area contributed by atoms with E-state index in [9.17, 15) is 8.42 Å². The lowest BCUT2D eigenvalue weighted by atomic mass is 9.71. The first-order chi connectivity index (χ1) is 8.73. The van der Waals surface area contributed by atoms with Gasteiger partial charge in [0.1, 0.15) is 9.84 Å². The molecule has 1 atom stereocenters. The molecule has 0 aliphatic heterocycles. The van der Waals surface area contributed by atoms with Crippen LogP contribution in [0.4, 0.5) is 0 Å². The fourth-order valence-corrected chi connectivity index (χ4v) is 3.68. The Labute approximate surface area is 119 Å². The van der Waals surface area contributed by atoms with Crippen molar-refractivity contribution in [3.8, 4) is 0 Å². The van der Waals surface area contributed by atoms with Gasteiger partial charge in [0.2, 0.25) is 0 Å². The zero-order chi connectivity index (χ0) is 14.5. The lowest BCUT2D eigenvalue weighted by Crippen LogP contribution is -2.40. The van der Waals surface area contributed by atoms with Crippen LogP contribution in [-0.4, -0.2) is 33.0 Å². The van der Waals surface area contributed by atoms with Gasteiger partial charge >= 0.3 is 0 Å². The molecule has 1 N–H and O–H groups in total. The second-order valence-corrected chi connectivity index (χ2v) is 9.24. The van der Waals surface area contributed by atoms with E-state index in [2.05, 4.69) is 26.1 Å². The van der Waals surface area contributed by atoms with Crippen molar-refractivity contribution in [2.24, 2.45) is 11.3 Å². The summed E-state index contributed by atoms with van der Waals surface area (Å²) in [5.74, 6) is 0.968. The van der Waals surface area contributed by atoms with Crippen molar-refractivity contribution in [3.05, 3.63) is 0 Å². The van der Waals surface area contributed by atoms with Crippen molar-refractivity contribution in [2.45, 2.75) is 65.3 Å². The lowest BCUT2D eigenvalue weighted by Gasteiger charge is -2.38. The van der Waals surface area contributed by atoms with Crippen LogP contribution in [0.3, 0.4) is 0 Å². The van der Waals surface area contributed by atoms with Crippen molar-refractivity contribution in [1.82, 2.24) is 5.32 Å². The SMILES string of the molecule is CCCNC(CCS(C)(=O)=O)C1CCC(C)(C)CC1. The van der Waals surface area contributed by atoms with Crippen LogP contribution in [0.2, 0.25) is 0 Å². The third-order valence-corrected chi connectivity index (χ3v) is 5.39. The summed E-state index contributed by atoms with van der Waals surface area (Å²) in [6.45, 7) is 7.83. The highest BCUT2D eigenvalue weighted by molar-refractivity contribution is 7.90. The van der Waals surface area contributed by atoms with Crippen molar-refractivity contribution in [2.75, 3.05) is 18.6 Å². The van der Waals surface area contributed by atoms with Crippen LogP contribution < -0.4 is 5.32 Å². The molecule has 1 aliphatic rings. The quantitative estimate of drug-likeness (QED) is 0.783. The minimum absolute atomic E-state index is 0.314. The van der Waals surface area contributed by atoms with Crippen LogP contribution in [0.25, 0.3) is 0 Å². The molecule has 0 heterocycles. The first-order valence-electron chi connectivity index (χ1n) is 7.64. The van der Waals surface area contributed by atoms with E-state index < -0.39 is 9.84 Å². The van der Waals surface area contributed by atoms with E-state index in [4.69, 9.17) is 0 Å². The molecule has 4 heteroatoms. The predicted molar refractivity (Wildman–Crippen MR) is 82.1 cm³/mol. The first kappa shape index (κ1) is 17.0. The molecule has 0 bridgehead atoms. The molecule has 0 amide bonds. The number of sulfone groups is 1. The van der Waals surface area contributed by atoms with Gasteiger partial charge in [0.25, 0.3) is 0 Å². The third-order valence-electron chi connectivity index (χ3n) is 4.41. The van der Waals surface area contributed by atoms with Crippen LogP contribution in [0, 0.1) is 11.3 Å². The molecule has 3 nitrogen and oxygen atoms in total. The molecule has 0 aromatic rings. The van der Waals surface area contributed by atoms with Gasteiger partial charge in [-0.05, 0) is 56.4 Å². The van der Waals surface area contributed by atoms with Gasteiger partial charge in [-0.3, -0.25) is 0 Å². The van der Waals surface area contributed by atoms with E-state index in [1.807, 2.05) is 0 Å². The molecule has 0 spiro atoms. The lowest BCUT2D eigenvalue weighted by molar-refractivity contribution is 0.159. The summed E-state index contributed by atoms with van der Waals surface area (Å²) in [6, 6.07) is 0.380. The summed E-state index contributed by atoms with van der Waals surface area (Å²) >= 11 is 0. The second-order valence-electron chi connectivity index (χ2n) is 6.98. The van der Waals surface area contributed by atoms with Crippen LogP contribution in [0.1, 0.15) is 59.3 Å². The Bertz CT molecular complexity index is 352. The summed E-state index contributed by atoms with van der Waals surface area (Å²) in [6.07, 6.45) is 8.21. The summed E-state index contributed by atoms with van der Waals surface area (Å²) in [4.78, 5) is 0. The van der Waals surface area contributed by atoms with Gasteiger partial charge in [-0.2, -0.15) is 0 Å². The van der Waals surface area contributed by atoms with E-state index in [1.165, 1.54) is 31.9 Å². The minimum atomic E-state index is -2.85. The molecule has 0 radical (unpaired) electrons. The zero-order valence-corrected chi connectivity index (χ0v) is 13.9. The van der Waals surface area contributed by atoms with Crippen molar-refractivity contribution in [3.63, 3.8) is 0 Å². The van der Waals surface area contributed by atoms with Gasteiger partial charge in [-0.15, -0.1) is 0 Å². The topological polar surface area (TPSA) is 46.2 Å². The molecule has 19 heavy (non-hydrogen) atoms. The number of nitrogens with one attached hydrogen (secondary N) is 1. The monoisotopic (exact) mass is 289 g/mol. The van der Waals surface area contributed by atoms with Gasteiger partial charge in [0.05, 0.1) is 5.75 Å². The summed E-state index contributed by atoms with van der Waals surface area (Å²) in [5, 5.41) is 3.57. The highest BCUT2D eigenvalue weighted by atomic mass is 32.2. The third kappa shape index (κ3) is 6.75. The van der Waals surface area contributed by atoms with Crippen molar-refractivity contribution >= 4 is 9.84 Å². The minimum Gasteiger partial charge on any atom is -0.314 e. The van der Waals surface area contributed by atoms with Gasteiger partial charge in [-0.1, -0.05) is 20.8 Å². The number of hydrogen-bond donors (Lipinski definition) is 1. The Balaban J connectivity index is 2.53.